The summed E-state index contributed by atoms with van der Waals surface area (Å²) in [5.74, 6) is 1.58. The highest BCUT2D eigenvalue weighted by Gasteiger charge is 2.30. The van der Waals surface area contributed by atoms with Crippen LogP contribution in [0.2, 0.25) is 0 Å². The van der Waals surface area contributed by atoms with E-state index < -0.39 is 0 Å². The Bertz CT molecular complexity index is 734. The van der Waals surface area contributed by atoms with Gasteiger partial charge in [-0.05, 0) is 25.0 Å². The molecule has 1 N–H and O–H groups in total. The molecule has 1 aliphatic heterocycles. The molecule has 1 aromatic heterocycles. The van der Waals surface area contributed by atoms with Crippen LogP contribution in [-0.4, -0.2) is 56.2 Å². The lowest BCUT2D eigenvalue weighted by molar-refractivity contribution is 0.0739. The molecule has 2 heterocycles. The zero-order chi connectivity index (χ0) is 18.0. The average Bonchev–Trinajstić information content (AvgIpc) is 3.29. The van der Waals surface area contributed by atoms with E-state index in [0.29, 0.717) is 5.69 Å². The number of H-pyrrole nitrogens is 1. The molecule has 1 aliphatic rings. The van der Waals surface area contributed by atoms with E-state index in [1.165, 1.54) is 0 Å². The summed E-state index contributed by atoms with van der Waals surface area (Å²) in [7, 11) is 5.18. The molecule has 1 atom stereocenters. The number of hydrogen-bond donors (Lipinski definition) is 1. The maximum Gasteiger partial charge on any atom is 0.270 e. The van der Waals surface area contributed by atoms with Crippen LogP contribution in [0.5, 0.6) is 11.5 Å². The summed E-state index contributed by atoms with van der Waals surface area (Å²) in [6.45, 7) is 3.63. The third-order valence-corrected chi connectivity index (χ3v) is 4.90. The van der Waals surface area contributed by atoms with Gasteiger partial charge in [-0.2, -0.15) is 0 Å². The van der Waals surface area contributed by atoms with Gasteiger partial charge in [0.05, 0.1) is 20.3 Å². The number of methoxy groups -OCH3 is 2. The highest BCUT2D eigenvalue weighted by molar-refractivity contribution is 5.94. The number of benzene rings is 1. The standard InChI is InChI=1S/C19H25N3O3/c1-13-5-7-20-18(13)19(23)21(2)14-6-8-22(12-14)15-9-16(24-3)11-17(10-15)25-4/h5,7,9-11,14,20H,6,8,12H2,1-4H3. The molecule has 0 radical (unpaired) electrons. The van der Waals surface area contributed by atoms with Gasteiger partial charge in [0.15, 0.2) is 0 Å². The lowest BCUT2D eigenvalue weighted by Gasteiger charge is -2.26. The molecule has 1 saturated heterocycles. The van der Waals surface area contributed by atoms with Gasteiger partial charge in [-0.3, -0.25) is 4.79 Å². The number of ether oxygens (including phenoxy) is 2. The second-order valence-corrected chi connectivity index (χ2v) is 6.41. The number of hydrogen-bond acceptors (Lipinski definition) is 4. The van der Waals surface area contributed by atoms with Crippen LogP contribution < -0.4 is 14.4 Å². The first-order chi connectivity index (χ1) is 12.0. The van der Waals surface area contributed by atoms with E-state index in [0.717, 1.165) is 42.3 Å². The van der Waals surface area contributed by atoms with Gasteiger partial charge in [-0.15, -0.1) is 0 Å². The maximum atomic E-state index is 12.7. The van der Waals surface area contributed by atoms with E-state index in [2.05, 4.69) is 9.88 Å². The number of anilines is 1. The van der Waals surface area contributed by atoms with E-state index in [1.54, 1.807) is 20.4 Å². The first kappa shape index (κ1) is 17.2. The van der Waals surface area contributed by atoms with Gasteiger partial charge in [0.1, 0.15) is 17.2 Å². The molecule has 2 aromatic rings. The summed E-state index contributed by atoms with van der Waals surface area (Å²) in [6, 6.07) is 7.96. The van der Waals surface area contributed by atoms with Crippen LogP contribution in [0.4, 0.5) is 5.69 Å². The number of aryl methyl sites for hydroxylation is 1. The van der Waals surface area contributed by atoms with Crippen molar-refractivity contribution in [1.29, 1.82) is 0 Å². The zero-order valence-corrected chi connectivity index (χ0v) is 15.2. The minimum Gasteiger partial charge on any atom is -0.497 e. The monoisotopic (exact) mass is 343 g/mol. The third kappa shape index (κ3) is 3.43. The number of carbonyl (C=O) groups is 1. The molecular weight excluding hydrogens is 318 g/mol. The Labute approximate surface area is 148 Å². The van der Waals surface area contributed by atoms with Crippen molar-refractivity contribution in [2.75, 3.05) is 39.3 Å². The van der Waals surface area contributed by atoms with Gasteiger partial charge in [0.25, 0.3) is 5.91 Å². The Morgan fingerprint density at radius 2 is 1.92 bits per heavy atom. The lowest BCUT2D eigenvalue weighted by atomic mass is 10.2. The van der Waals surface area contributed by atoms with Crippen molar-refractivity contribution in [2.24, 2.45) is 0 Å². The number of nitrogens with zero attached hydrogens (tertiary/aromatic N) is 2. The molecule has 25 heavy (non-hydrogen) atoms. The van der Waals surface area contributed by atoms with Gasteiger partial charge in [-0.1, -0.05) is 0 Å². The lowest BCUT2D eigenvalue weighted by Crippen LogP contribution is -2.39. The Hall–Kier alpha value is -2.63. The van der Waals surface area contributed by atoms with Crippen molar-refractivity contribution in [3.05, 3.63) is 41.7 Å². The Kier molecular flexibility index (Phi) is 4.88. The quantitative estimate of drug-likeness (QED) is 0.907. The van der Waals surface area contributed by atoms with Gasteiger partial charge >= 0.3 is 0 Å². The molecule has 0 saturated carbocycles. The summed E-state index contributed by atoms with van der Waals surface area (Å²) in [5.41, 5.74) is 2.70. The predicted octanol–water partition coefficient (Wildman–Crippen LogP) is 2.69. The van der Waals surface area contributed by atoms with Crippen molar-refractivity contribution >= 4 is 11.6 Å². The van der Waals surface area contributed by atoms with Crippen LogP contribution >= 0.6 is 0 Å². The second kappa shape index (κ2) is 7.09. The maximum absolute atomic E-state index is 12.7. The SMILES string of the molecule is COc1cc(OC)cc(N2CCC(N(C)C(=O)c3[nH]ccc3C)C2)c1. The molecule has 0 bridgehead atoms. The van der Waals surface area contributed by atoms with Crippen LogP contribution in [-0.2, 0) is 0 Å². The van der Waals surface area contributed by atoms with Crippen LogP contribution in [0.25, 0.3) is 0 Å². The molecule has 6 nitrogen and oxygen atoms in total. The van der Waals surface area contributed by atoms with E-state index in [9.17, 15) is 4.79 Å². The summed E-state index contributed by atoms with van der Waals surface area (Å²) in [6.07, 6.45) is 2.74. The molecule has 0 aliphatic carbocycles. The number of aromatic nitrogens is 1. The fourth-order valence-electron chi connectivity index (χ4n) is 3.29. The summed E-state index contributed by atoms with van der Waals surface area (Å²) in [5, 5.41) is 0. The van der Waals surface area contributed by atoms with Crippen molar-refractivity contribution in [2.45, 2.75) is 19.4 Å². The van der Waals surface area contributed by atoms with Crippen molar-refractivity contribution in [3.63, 3.8) is 0 Å². The zero-order valence-electron chi connectivity index (χ0n) is 15.2. The topological polar surface area (TPSA) is 57.8 Å². The number of amides is 1. The van der Waals surface area contributed by atoms with Gasteiger partial charge in [0, 0.05) is 50.2 Å². The van der Waals surface area contributed by atoms with Crippen LogP contribution in [0.15, 0.2) is 30.5 Å². The normalized spacial score (nSPS) is 16.8. The minimum absolute atomic E-state index is 0.0394. The van der Waals surface area contributed by atoms with Crippen LogP contribution in [0, 0.1) is 6.92 Å². The molecule has 1 amide bonds. The Morgan fingerprint density at radius 3 is 2.48 bits per heavy atom. The Morgan fingerprint density at radius 1 is 1.24 bits per heavy atom. The number of carbonyl (C=O) groups excluding carboxylic acids is 1. The molecule has 6 heteroatoms. The van der Waals surface area contributed by atoms with Gasteiger partial charge < -0.3 is 24.3 Å². The third-order valence-electron chi connectivity index (χ3n) is 4.90. The van der Waals surface area contributed by atoms with E-state index in [4.69, 9.17) is 9.47 Å². The fourth-order valence-corrected chi connectivity index (χ4v) is 3.29. The van der Waals surface area contributed by atoms with Gasteiger partial charge in [0.2, 0.25) is 0 Å². The number of aromatic amines is 1. The van der Waals surface area contributed by atoms with Crippen LogP contribution in [0.3, 0.4) is 0 Å². The number of rotatable bonds is 5. The first-order valence-corrected chi connectivity index (χ1v) is 8.42. The second-order valence-electron chi connectivity index (χ2n) is 6.41. The van der Waals surface area contributed by atoms with E-state index in [-0.39, 0.29) is 11.9 Å². The number of nitrogens with one attached hydrogen (secondary N) is 1. The molecule has 134 valence electrons. The van der Waals surface area contributed by atoms with Crippen molar-refractivity contribution < 1.29 is 14.3 Å². The summed E-state index contributed by atoms with van der Waals surface area (Å²) < 4.78 is 10.7. The largest absolute Gasteiger partial charge is 0.497 e. The molecule has 1 fully saturated rings. The smallest absolute Gasteiger partial charge is 0.270 e. The summed E-state index contributed by atoms with van der Waals surface area (Å²) >= 11 is 0. The van der Waals surface area contributed by atoms with Gasteiger partial charge in [-0.25, -0.2) is 0 Å². The van der Waals surface area contributed by atoms with Crippen molar-refractivity contribution in [3.8, 4) is 11.5 Å². The van der Waals surface area contributed by atoms with E-state index >= 15 is 0 Å². The van der Waals surface area contributed by atoms with Crippen molar-refractivity contribution in [1.82, 2.24) is 9.88 Å². The molecule has 0 spiro atoms. The minimum atomic E-state index is 0.0394. The highest BCUT2D eigenvalue weighted by Crippen LogP contribution is 2.31. The molecule has 1 aromatic carbocycles. The first-order valence-electron chi connectivity index (χ1n) is 8.42. The average molecular weight is 343 g/mol. The van der Waals surface area contributed by atoms with Crippen LogP contribution in [0.1, 0.15) is 22.5 Å². The fraction of sp³-hybridized carbons (Fsp3) is 0.421. The predicted molar refractivity (Wildman–Crippen MR) is 97.8 cm³/mol. The summed E-state index contributed by atoms with van der Waals surface area (Å²) in [4.78, 5) is 19.8. The van der Waals surface area contributed by atoms with E-state index in [1.807, 2.05) is 43.1 Å². The molecule has 3 rings (SSSR count). The molecule has 1 unspecified atom stereocenters. The number of likely N-dealkylation sites (N-methyl/N-ethyl adjacent to an activating group) is 1. The molecular formula is C19H25N3O3. The highest BCUT2D eigenvalue weighted by atomic mass is 16.5. The Balaban J connectivity index is 1.73.